The molecule has 0 amide bonds. The van der Waals surface area contributed by atoms with E-state index in [0.29, 0.717) is 30.6 Å². The van der Waals surface area contributed by atoms with Crippen molar-refractivity contribution in [1.29, 1.82) is 0 Å². The van der Waals surface area contributed by atoms with Gasteiger partial charge in [0.1, 0.15) is 11.8 Å². The van der Waals surface area contributed by atoms with Gasteiger partial charge in [-0.05, 0) is 78.9 Å². The zero-order valence-corrected chi connectivity index (χ0v) is 16.9. The number of nitrogens with zero attached hydrogens (tertiary/aromatic N) is 1. The van der Waals surface area contributed by atoms with Crippen LogP contribution in [-0.2, 0) is 0 Å². The SMILES string of the molecule is C[C@]12CCC3C(CC(F)[C@@]4(O)C[C@@H](O)CC[C@]34C)C1CC=C2c1cccnc1. The first-order valence-electron chi connectivity index (χ1n) is 11.0. The van der Waals surface area contributed by atoms with Crippen LogP contribution in [0.15, 0.2) is 30.6 Å². The fraction of sp³-hybridized carbons (Fsp3) is 0.708. The summed E-state index contributed by atoms with van der Waals surface area (Å²) in [6.45, 7) is 4.47. The molecule has 8 atom stereocenters. The second-order valence-electron chi connectivity index (χ2n) is 10.4. The average Bonchev–Trinajstić information content (AvgIpc) is 3.03. The van der Waals surface area contributed by atoms with Crippen molar-refractivity contribution in [3.8, 4) is 0 Å². The Kier molecular flexibility index (Phi) is 4.10. The number of aliphatic hydroxyl groups excluding tert-OH is 1. The minimum absolute atomic E-state index is 0.0594. The van der Waals surface area contributed by atoms with E-state index < -0.39 is 23.3 Å². The van der Waals surface area contributed by atoms with Crippen molar-refractivity contribution in [2.75, 3.05) is 0 Å². The number of fused-ring (bicyclic) bond motifs is 5. The first-order chi connectivity index (χ1) is 13.3. The van der Waals surface area contributed by atoms with Gasteiger partial charge >= 0.3 is 0 Å². The standard InChI is InChI=1S/C24H32FNO2/c1-22-9-8-20-17(19(22)6-5-18(22)15-4-3-11-26-14-15)12-21(25)24(28)13-16(27)7-10-23(20,24)2/h3-5,11,14,16-17,19-21,27-28H,6-10,12-13H2,1-2H3/t16-,17?,19?,20?,21?,22+,23+,24-/m0/s1. The van der Waals surface area contributed by atoms with Crippen molar-refractivity contribution >= 4 is 5.57 Å². The fourth-order valence-electron chi connectivity index (χ4n) is 7.75. The largest absolute Gasteiger partial charge is 0.393 e. The number of aliphatic hydroxyl groups is 2. The second kappa shape index (κ2) is 6.12. The molecule has 4 unspecified atom stereocenters. The van der Waals surface area contributed by atoms with Gasteiger partial charge in [-0.2, -0.15) is 0 Å². The minimum Gasteiger partial charge on any atom is -0.393 e. The van der Waals surface area contributed by atoms with Gasteiger partial charge in [0, 0.05) is 24.2 Å². The molecule has 1 aromatic rings. The lowest BCUT2D eigenvalue weighted by atomic mass is 9.42. The summed E-state index contributed by atoms with van der Waals surface area (Å²) in [6.07, 6.45) is 9.40. The van der Waals surface area contributed by atoms with Crippen LogP contribution >= 0.6 is 0 Å². The van der Waals surface area contributed by atoms with Crippen molar-refractivity contribution in [3.63, 3.8) is 0 Å². The van der Waals surface area contributed by atoms with E-state index in [9.17, 15) is 10.2 Å². The van der Waals surface area contributed by atoms with E-state index in [1.807, 2.05) is 18.5 Å². The first kappa shape index (κ1) is 18.7. The molecular weight excluding hydrogens is 353 g/mol. The Balaban J connectivity index is 1.49. The predicted molar refractivity (Wildman–Crippen MR) is 107 cm³/mol. The molecule has 152 valence electrons. The molecule has 0 saturated heterocycles. The average molecular weight is 386 g/mol. The third-order valence-electron chi connectivity index (χ3n) is 9.34. The fourth-order valence-corrected chi connectivity index (χ4v) is 7.75. The van der Waals surface area contributed by atoms with E-state index in [4.69, 9.17) is 0 Å². The van der Waals surface area contributed by atoms with Gasteiger partial charge in [-0.25, -0.2) is 4.39 Å². The Morgan fingerprint density at radius 3 is 2.75 bits per heavy atom. The van der Waals surface area contributed by atoms with Gasteiger partial charge in [0.25, 0.3) is 0 Å². The number of halogens is 1. The van der Waals surface area contributed by atoms with E-state index in [0.717, 1.165) is 25.7 Å². The second-order valence-corrected chi connectivity index (χ2v) is 10.4. The number of aromatic nitrogens is 1. The maximum atomic E-state index is 15.5. The van der Waals surface area contributed by atoms with Crippen LogP contribution < -0.4 is 0 Å². The summed E-state index contributed by atoms with van der Waals surface area (Å²) in [5, 5.41) is 21.6. The molecule has 0 bridgehead atoms. The molecule has 3 saturated carbocycles. The summed E-state index contributed by atoms with van der Waals surface area (Å²) < 4.78 is 15.5. The Labute approximate surface area is 167 Å². The summed E-state index contributed by atoms with van der Waals surface area (Å²) in [7, 11) is 0. The summed E-state index contributed by atoms with van der Waals surface area (Å²) in [6, 6.07) is 4.13. The Bertz CT molecular complexity index is 797. The summed E-state index contributed by atoms with van der Waals surface area (Å²) in [4.78, 5) is 4.32. The van der Waals surface area contributed by atoms with Crippen LogP contribution in [0.5, 0.6) is 0 Å². The monoisotopic (exact) mass is 385 g/mol. The molecule has 5 rings (SSSR count). The van der Waals surface area contributed by atoms with E-state index in [1.165, 1.54) is 11.1 Å². The van der Waals surface area contributed by atoms with Gasteiger partial charge in [0.2, 0.25) is 0 Å². The lowest BCUT2D eigenvalue weighted by Gasteiger charge is -2.64. The third-order valence-corrected chi connectivity index (χ3v) is 9.34. The molecule has 3 nitrogen and oxygen atoms in total. The summed E-state index contributed by atoms with van der Waals surface area (Å²) in [5.41, 5.74) is 0.820. The van der Waals surface area contributed by atoms with Gasteiger partial charge in [0.05, 0.1) is 6.10 Å². The third kappa shape index (κ3) is 2.31. The van der Waals surface area contributed by atoms with Crippen molar-refractivity contribution in [1.82, 2.24) is 4.98 Å². The summed E-state index contributed by atoms with van der Waals surface area (Å²) in [5.74, 6) is 1.05. The van der Waals surface area contributed by atoms with Crippen LogP contribution in [0.1, 0.15) is 64.4 Å². The van der Waals surface area contributed by atoms with E-state index in [-0.39, 0.29) is 11.8 Å². The zero-order chi connectivity index (χ0) is 19.7. The molecule has 4 aliphatic rings. The van der Waals surface area contributed by atoms with Gasteiger partial charge in [-0.3, -0.25) is 4.98 Å². The van der Waals surface area contributed by atoms with E-state index in [1.54, 1.807) is 0 Å². The van der Waals surface area contributed by atoms with E-state index in [2.05, 4.69) is 31.0 Å². The van der Waals surface area contributed by atoms with Gasteiger partial charge in [-0.1, -0.05) is 26.0 Å². The molecule has 4 aliphatic carbocycles. The van der Waals surface area contributed by atoms with Crippen LogP contribution in [0, 0.1) is 28.6 Å². The smallest absolute Gasteiger partial charge is 0.130 e. The number of allylic oxidation sites excluding steroid dienone is 2. The highest BCUT2D eigenvalue weighted by atomic mass is 19.1. The molecule has 4 heteroatoms. The highest BCUT2D eigenvalue weighted by Crippen LogP contribution is 2.68. The number of pyridine rings is 1. The molecule has 0 aromatic carbocycles. The quantitative estimate of drug-likeness (QED) is 0.746. The molecule has 0 radical (unpaired) electrons. The van der Waals surface area contributed by atoms with Crippen molar-refractivity contribution in [2.24, 2.45) is 28.6 Å². The van der Waals surface area contributed by atoms with Crippen LogP contribution in [0.4, 0.5) is 4.39 Å². The highest BCUT2D eigenvalue weighted by molar-refractivity contribution is 5.72. The number of hydrogen-bond acceptors (Lipinski definition) is 3. The molecule has 1 heterocycles. The van der Waals surface area contributed by atoms with Crippen LogP contribution in [-0.4, -0.2) is 33.1 Å². The lowest BCUT2D eigenvalue weighted by Crippen LogP contribution is -2.67. The van der Waals surface area contributed by atoms with Gasteiger partial charge < -0.3 is 10.2 Å². The topological polar surface area (TPSA) is 53.4 Å². The molecule has 3 fully saturated rings. The van der Waals surface area contributed by atoms with Gasteiger partial charge in [-0.15, -0.1) is 0 Å². The van der Waals surface area contributed by atoms with Crippen LogP contribution in [0.3, 0.4) is 0 Å². The van der Waals surface area contributed by atoms with Crippen molar-refractivity contribution in [2.45, 2.75) is 76.7 Å². The van der Waals surface area contributed by atoms with E-state index >= 15 is 4.39 Å². The maximum Gasteiger partial charge on any atom is 0.130 e. The first-order valence-corrected chi connectivity index (χ1v) is 11.0. The highest BCUT2D eigenvalue weighted by Gasteiger charge is 2.67. The molecular formula is C24H32FNO2. The maximum absolute atomic E-state index is 15.5. The van der Waals surface area contributed by atoms with Crippen LogP contribution in [0.25, 0.3) is 5.57 Å². The van der Waals surface area contributed by atoms with Crippen molar-refractivity contribution in [3.05, 3.63) is 36.2 Å². The van der Waals surface area contributed by atoms with Crippen molar-refractivity contribution < 1.29 is 14.6 Å². The minimum atomic E-state index is -1.38. The Morgan fingerprint density at radius 1 is 1.18 bits per heavy atom. The lowest BCUT2D eigenvalue weighted by molar-refractivity contribution is -0.246. The Morgan fingerprint density at radius 2 is 2.00 bits per heavy atom. The molecule has 1 aromatic heterocycles. The summed E-state index contributed by atoms with van der Waals surface area (Å²) >= 11 is 0. The molecule has 2 N–H and O–H groups in total. The number of alkyl halides is 1. The zero-order valence-electron chi connectivity index (χ0n) is 16.9. The van der Waals surface area contributed by atoms with Crippen LogP contribution in [0.2, 0.25) is 0 Å². The normalized spacial score (nSPS) is 50.3. The molecule has 0 spiro atoms. The molecule has 0 aliphatic heterocycles. The van der Waals surface area contributed by atoms with Gasteiger partial charge in [0.15, 0.2) is 0 Å². The molecule has 28 heavy (non-hydrogen) atoms. The number of hydrogen-bond donors (Lipinski definition) is 2. The Hall–Kier alpha value is -1.26. The number of rotatable bonds is 1. The predicted octanol–water partition coefficient (Wildman–Crippen LogP) is 4.54.